The first-order valence-corrected chi connectivity index (χ1v) is 4.09. The van der Waals surface area contributed by atoms with Gasteiger partial charge >= 0.3 is 0 Å². The second kappa shape index (κ2) is 4.72. The quantitative estimate of drug-likeness (QED) is 0.682. The van der Waals surface area contributed by atoms with Crippen LogP contribution in [0.4, 0.5) is 8.78 Å². The molecule has 0 aliphatic heterocycles. The van der Waals surface area contributed by atoms with Crippen molar-refractivity contribution in [2.24, 2.45) is 11.1 Å². The van der Waals surface area contributed by atoms with E-state index in [9.17, 15) is 8.78 Å². The zero-order valence-corrected chi connectivity index (χ0v) is 7.90. The summed E-state index contributed by atoms with van der Waals surface area (Å²) >= 11 is 0. The van der Waals surface area contributed by atoms with E-state index >= 15 is 0 Å². The fourth-order valence-electron chi connectivity index (χ4n) is 0.974. The van der Waals surface area contributed by atoms with Crippen LogP contribution < -0.4 is 11.1 Å². The molecular weight excluding hydrogens is 162 g/mol. The van der Waals surface area contributed by atoms with Gasteiger partial charge in [-0.15, -0.1) is 0 Å². The minimum absolute atomic E-state index is 0.0495. The van der Waals surface area contributed by atoms with Crippen LogP contribution >= 0.6 is 0 Å². The standard InChI is InChI=1S/C8H18F2N2/c1-8(2,3)6(4-11)12-5-7(9)10/h6-7,12H,4-5,11H2,1-3H3. The number of hydrogen-bond acceptors (Lipinski definition) is 2. The highest BCUT2D eigenvalue weighted by atomic mass is 19.3. The molecule has 0 saturated carbocycles. The Bertz CT molecular complexity index is 121. The number of halogens is 2. The Morgan fingerprint density at radius 2 is 1.83 bits per heavy atom. The molecule has 0 radical (unpaired) electrons. The maximum Gasteiger partial charge on any atom is 0.250 e. The van der Waals surface area contributed by atoms with E-state index in [1.165, 1.54) is 0 Å². The van der Waals surface area contributed by atoms with Gasteiger partial charge in [-0.25, -0.2) is 8.78 Å². The Balaban J connectivity index is 3.84. The van der Waals surface area contributed by atoms with Crippen molar-refractivity contribution in [3.8, 4) is 0 Å². The summed E-state index contributed by atoms with van der Waals surface area (Å²) in [6.45, 7) is 6.03. The molecule has 4 heteroatoms. The van der Waals surface area contributed by atoms with Gasteiger partial charge in [-0.2, -0.15) is 0 Å². The van der Waals surface area contributed by atoms with Gasteiger partial charge in [0, 0.05) is 12.6 Å². The largest absolute Gasteiger partial charge is 0.329 e. The van der Waals surface area contributed by atoms with Crippen LogP contribution in [0.25, 0.3) is 0 Å². The summed E-state index contributed by atoms with van der Waals surface area (Å²) in [5.41, 5.74) is 5.37. The number of alkyl halides is 2. The summed E-state index contributed by atoms with van der Waals surface area (Å²) in [5, 5.41) is 2.73. The summed E-state index contributed by atoms with van der Waals surface area (Å²) in [6, 6.07) is -0.0495. The van der Waals surface area contributed by atoms with Gasteiger partial charge in [-0.3, -0.25) is 0 Å². The zero-order chi connectivity index (χ0) is 9.78. The topological polar surface area (TPSA) is 38.0 Å². The minimum atomic E-state index is -2.30. The van der Waals surface area contributed by atoms with Gasteiger partial charge in [-0.1, -0.05) is 20.8 Å². The predicted octanol–water partition coefficient (Wildman–Crippen LogP) is 1.21. The maximum absolute atomic E-state index is 11.8. The van der Waals surface area contributed by atoms with Crippen LogP contribution in [0.3, 0.4) is 0 Å². The van der Waals surface area contributed by atoms with Crippen molar-refractivity contribution in [3.63, 3.8) is 0 Å². The molecule has 0 aromatic rings. The second-order valence-electron chi connectivity index (χ2n) is 3.95. The first-order valence-electron chi connectivity index (χ1n) is 4.09. The summed E-state index contributed by atoms with van der Waals surface area (Å²) < 4.78 is 23.6. The molecule has 0 aliphatic rings. The monoisotopic (exact) mass is 180 g/mol. The highest BCUT2D eigenvalue weighted by Crippen LogP contribution is 2.18. The first-order chi connectivity index (χ1) is 5.38. The third kappa shape index (κ3) is 4.62. The molecule has 0 spiro atoms. The predicted molar refractivity (Wildman–Crippen MR) is 46.3 cm³/mol. The molecule has 0 fully saturated rings. The van der Waals surface area contributed by atoms with Crippen molar-refractivity contribution in [1.82, 2.24) is 5.32 Å². The highest BCUT2D eigenvalue weighted by Gasteiger charge is 2.23. The van der Waals surface area contributed by atoms with Crippen molar-refractivity contribution < 1.29 is 8.78 Å². The molecule has 74 valence electrons. The highest BCUT2D eigenvalue weighted by molar-refractivity contribution is 4.81. The number of nitrogens with one attached hydrogen (secondary N) is 1. The lowest BCUT2D eigenvalue weighted by atomic mass is 9.87. The van der Waals surface area contributed by atoms with Gasteiger partial charge in [0.25, 0.3) is 6.43 Å². The molecule has 0 heterocycles. The molecular formula is C8H18F2N2. The van der Waals surface area contributed by atoms with Crippen LogP contribution in [-0.4, -0.2) is 25.6 Å². The molecule has 0 bridgehead atoms. The summed E-state index contributed by atoms with van der Waals surface area (Å²) in [6.07, 6.45) is -2.30. The van der Waals surface area contributed by atoms with Gasteiger partial charge in [0.1, 0.15) is 0 Å². The molecule has 1 atom stereocenters. The van der Waals surface area contributed by atoms with Crippen LogP contribution in [0.5, 0.6) is 0 Å². The molecule has 0 saturated heterocycles. The lowest BCUT2D eigenvalue weighted by Gasteiger charge is -2.30. The number of hydrogen-bond donors (Lipinski definition) is 2. The van der Waals surface area contributed by atoms with Gasteiger partial charge in [0.2, 0.25) is 0 Å². The van der Waals surface area contributed by atoms with Crippen LogP contribution in [0.1, 0.15) is 20.8 Å². The molecule has 12 heavy (non-hydrogen) atoms. The van der Waals surface area contributed by atoms with Gasteiger partial charge < -0.3 is 11.1 Å². The summed E-state index contributed by atoms with van der Waals surface area (Å²) in [7, 11) is 0. The molecule has 2 nitrogen and oxygen atoms in total. The third-order valence-corrected chi connectivity index (χ3v) is 1.80. The Labute approximate surface area is 72.5 Å². The first kappa shape index (κ1) is 11.8. The molecule has 0 rings (SSSR count). The molecule has 0 aromatic carbocycles. The Morgan fingerprint density at radius 3 is 2.08 bits per heavy atom. The number of nitrogens with two attached hydrogens (primary N) is 1. The van der Waals surface area contributed by atoms with Crippen LogP contribution in [-0.2, 0) is 0 Å². The second-order valence-corrected chi connectivity index (χ2v) is 3.95. The lowest BCUT2D eigenvalue weighted by molar-refractivity contribution is 0.130. The maximum atomic E-state index is 11.8. The summed E-state index contributed by atoms with van der Waals surface area (Å²) in [4.78, 5) is 0. The van der Waals surface area contributed by atoms with E-state index in [-0.39, 0.29) is 18.0 Å². The van der Waals surface area contributed by atoms with Gasteiger partial charge in [-0.05, 0) is 5.41 Å². The number of rotatable bonds is 4. The normalized spacial score (nSPS) is 15.2. The van der Waals surface area contributed by atoms with Crippen molar-refractivity contribution in [2.45, 2.75) is 33.2 Å². The van der Waals surface area contributed by atoms with E-state index in [0.717, 1.165) is 0 Å². The fraction of sp³-hybridized carbons (Fsp3) is 1.00. The minimum Gasteiger partial charge on any atom is -0.329 e. The average Bonchev–Trinajstić information content (AvgIpc) is 1.85. The van der Waals surface area contributed by atoms with Crippen molar-refractivity contribution >= 4 is 0 Å². The SMILES string of the molecule is CC(C)(C)C(CN)NCC(F)F. The molecule has 3 N–H and O–H groups in total. The molecule has 0 amide bonds. The van der Waals surface area contributed by atoms with Gasteiger partial charge in [0.15, 0.2) is 0 Å². The molecule has 1 unspecified atom stereocenters. The van der Waals surface area contributed by atoms with Crippen molar-refractivity contribution in [1.29, 1.82) is 0 Å². The fourth-order valence-corrected chi connectivity index (χ4v) is 0.974. The van der Waals surface area contributed by atoms with E-state index in [4.69, 9.17) is 5.73 Å². The van der Waals surface area contributed by atoms with Gasteiger partial charge in [0.05, 0.1) is 6.54 Å². The van der Waals surface area contributed by atoms with E-state index in [0.29, 0.717) is 6.54 Å². The molecule has 0 aromatic heterocycles. The smallest absolute Gasteiger partial charge is 0.250 e. The Morgan fingerprint density at radius 1 is 1.33 bits per heavy atom. The van der Waals surface area contributed by atoms with Crippen molar-refractivity contribution in [2.75, 3.05) is 13.1 Å². The summed E-state index contributed by atoms with van der Waals surface area (Å²) in [5.74, 6) is 0. The van der Waals surface area contributed by atoms with Crippen LogP contribution in [0, 0.1) is 5.41 Å². The van der Waals surface area contributed by atoms with E-state index in [1.54, 1.807) is 0 Å². The Kier molecular flexibility index (Phi) is 4.63. The zero-order valence-electron chi connectivity index (χ0n) is 7.90. The lowest BCUT2D eigenvalue weighted by Crippen LogP contribution is -2.47. The van der Waals surface area contributed by atoms with Crippen molar-refractivity contribution in [3.05, 3.63) is 0 Å². The van der Waals surface area contributed by atoms with E-state index in [1.807, 2.05) is 20.8 Å². The van der Waals surface area contributed by atoms with E-state index in [2.05, 4.69) is 5.32 Å². The Hall–Kier alpha value is -0.220. The third-order valence-electron chi connectivity index (χ3n) is 1.80. The van der Waals surface area contributed by atoms with Crippen LogP contribution in [0.15, 0.2) is 0 Å². The molecule has 0 aliphatic carbocycles. The van der Waals surface area contributed by atoms with Crippen LogP contribution in [0.2, 0.25) is 0 Å². The van der Waals surface area contributed by atoms with E-state index < -0.39 is 6.43 Å². The average molecular weight is 180 g/mol.